The van der Waals surface area contributed by atoms with E-state index in [0.29, 0.717) is 11.4 Å². The van der Waals surface area contributed by atoms with Crippen molar-refractivity contribution in [2.75, 3.05) is 25.9 Å². The van der Waals surface area contributed by atoms with Gasteiger partial charge in [-0.1, -0.05) is 30.7 Å². The third-order valence-corrected chi connectivity index (χ3v) is 5.73. The summed E-state index contributed by atoms with van der Waals surface area (Å²) in [6.45, 7) is 5.62. The highest BCUT2D eigenvalue weighted by Crippen LogP contribution is 2.24. The van der Waals surface area contributed by atoms with Crippen LogP contribution in [-0.2, 0) is 10.0 Å². The van der Waals surface area contributed by atoms with Gasteiger partial charge in [0.1, 0.15) is 0 Å². The SMILES string of the molecule is CCCNCCCS(=O)(=O)N(C)C(C)c1cccc(Cl)c1. The smallest absolute Gasteiger partial charge is 0.214 e. The molecule has 6 heteroatoms. The second-order valence-corrected chi connectivity index (χ2v) is 7.75. The second-order valence-electron chi connectivity index (χ2n) is 5.17. The molecule has 1 aromatic rings. The number of rotatable bonds is 9. The van der Waals surface area contributed by atoms with Crippen molar-refractivity contribution in [3.05, 3.63) is 34.9 Å². The number of halogens is 1. The Morgan fingerprint density at radius 2 is 2.05 bits per heavy atom. The lowest BCUT2D eigenvalue weighted by Gasteiger charge is -2.25. The van der Waals surface area contributed by atoms with E-state index in [1.165, 1.54) is 4.31 Å². The van der Waals surface area contributed by atoms with Crippen molar-refractivity contribution in [3.8, 4) is 0 Å². The number of sulfonamides is 1. The second kappa shape index (κ2) is 8.73. The third kappa shape index (κ3) is 5.94. The Morgan fingerprint density at radius 3 is 2.67 bits per heavy atom. The molecule has 1 atom stereocenters. The molecule has 0 fully saturated rings. The molecule has 0 amide bonds. The van der Waals surface area contributed by atoms with Gasteiger partial charge in [0.05, 0.1) is 5.75 Å². The van der Waals surface area contributed by atoms with Gasteiger partial charge in [-0.3, -0.25) is 0 Å². The summed E-state index contributed by atoms with van der Waals surface area (Å²) in [7, 11) is -1.63. The summed E-state index contributed by atoms with van der Waals surface area (Å²) in [6, 6.07) is 7.10. The zero-order valence-electron chi connectivity index (χ0n) is 13.0. The predicted octanol–water partition coefficient (Wildman–Crippen LogP) is 3.05. The van der Waals surface area contributed by atoms with Crippen LogP contribution >= 0.6 is 11.6 Å². The van der Waals surface area contributed by atoms with Gasteiger partial charge in [0, 0.05) is 18.1 Å². The fourth-order valence-corrected chi connectivity index (χ4v) is 3.64. The fraction of sp³-hybridized carbons (Fsp3) is 0.600. The van der Waals surface area contributed by atoms with Crippen molar-refractivity contribution < 1.29 is 8.42 Å². The molecule has 0 heterocycles. The van der Waals surface area contributed by atoms with E-state index in [2.05, 4.69) is 12.2 Å². The molecular weight excluding hydrogens is 308 g/mol. The summed E-state index contributed by atoms with van der Waals surface area (Å²) in [5.74, 6) is 0.158. The van der Waals surface area contributed by atoms with Crippen LogP contribution in [-0.4, -0.2) is 38.6 Å². The molecule has 0 aliphatic rings. The molecule has 1 aromatic carbocycles. The maximum atomic E-state index is 12.3. The largest absolute Gasteiger partial charge is 0.317 e. The van der Waals surface area contributed by atoms with Crippen LogP contribution < -0.4 is 5.32 Å². The van der Waals surface area contributed by atoms with Gasteiger partial charge in [0.2, 0.25) is 10.0 Å². The standard InChI is InChI=1S/C15H25ClN2O2S/c1-4-9-17-10-6-11-21(19,20)18(3)13(2)14-7-5-8-15(16)12-14/h5,7-8,12-13,17H,4,6,9-11H2,1-3H3. The Morgan fingerprint density at radius 1 is 1.33 bits per heavy atom. The summed E-state index contributed by atoms with van der Waals surface area (Å²) in [5.41, 5.74) is 0.901. The van der Waals surface area contributed by atoms with Gasteiger partial charge in [0.25, 0.3) is 0 Å². The van der Waals surface area contributed by atoms with Gasteiger partial charge in [0.15, 0.2) is 0 Å². The number of hydrogen-bond donors (Lipinski definition) is 1. The van der Waals surface area contributed by atoms with Crippen LogP contribution in [0.2, 0.25) is 5.02 Å². The molecule has 21 heavy (non-hydrogen) atoms. The van der Waals surface area contributed by atoms with E-state index in [1.54, 1.807) is 19.2 Å². The molecule has 120 valence electrons. The van der Waals surface area contributed by atoms with Crippen LogP contribution in [0.1, 0.15) is 38.3 Å². The minimum absolute atomic E-state index is 0.158. The molecule has 1 N–H and O–H groups in total. The van der Waals surface area contributed by atoms with E-state index in [0.717, 1.165) is 25.1 Å². The van der Waals surface area contributed by atoms with Gasteiger partial charge in [-0.15, -0.1) is 0 Å². The van der Waals surface area contributed by atoms with Gasteiger partial charge in [-0.2, -0.15) is 4.31 Å². The summed E-state index contributed by atoms with van der Waals surface area (Å²) >= 11 is 5.96. The van der Waals surface area contributed by atoms with Crippen LogP contribution in [0.25, 0.3) is 0 Å². The minimum Gasteiger partial charge on any atom is -0.317 e. The Bertz CT molecular complexity index is 534. The first-order valence-electron chi connectivity index (χ1n) is 7.30. The zero-order valence-corrected chi connectivity index (χ0v) is 14.5. The molecule has 0 saturated carbocycles. The van der Waals surface area contributed by atoms with Gasteiger partial charge in [-0.05, 0) is 50.6 Å². The quantitative estimate of drug-likeness (QED) is 0.707. The molecule has 0 spiro atoms. The molecule has 1 rings (SSSR count). The Hall–Kier alpha value is -0.620. The maximum Gasteiger partial charge on any atom is 0.214 e. The van der Waals surface area contributed by atoms with E-state index in [-0.39, 0.29) is 11.8 Å². The lowest BCUT2D eigenvalue weighted by atomic mass is 10.1. The highest BCUT2D eigenvalue weighted by atomic mass is 35.5. The first-order chi connectivity index (χ1) is 9.88. The Kier molecular flexibility index (Phi) is 7.66. The molecule has 0 aliphatic heterocycles. The van der Waals surface area contributed by atoms with Crippen LogP contribution in [0.3, 0.4) is 0 Å². The van der Waals surface area contributed by atoms with Crippen molar-refractivity contribution in [3.63, 3.8) is 0 Å². The molecule has 0 bridgehead atoms. The molecule has 1 unspecified atom stereocenters. The van der Waals surface area contributed by atoms with Crippen LogP contribution in [0.5, 0.6) is 0 Å². The summed E-state index contributed by atoms with van der Waals surface area (Å²) in [4.78, 5) is 0. The number of benzene rings is 1. The number of hydrogen-bond acceptors (Lipinski definition) is 3. The van der Waals surface area contributed by atoms with E-state index < -0.39 is 10.0 Å². The first-order valence-corrected chi connectivity index (χ1v) is 9.29. The van der Waals surface area contributed by atoms with Crippen molar-refractivity contribution >= 4 is 21.6 Å². The minimum atomic E-state index is -3.26. The highest BCUT2D eigenvalue weighted by molar-refractivity contribution is 7.89. The predicted molar refractivity (Wildman–Crippen MR) is 89.2 cm³/mol. The van der Waals surface area contributed by atoms with E-state index in [9.17, 15) is 8.42 Å². The highest BCUT2D eigenvalue weighted by Gasteiger charge is 2.23. The zero-order chi connectivity index (χ0) is 15.9. The van der Waals surface area contributed by atoms with Crippen molar-refractivity contribution in [1.82, 2.24) is 9.62 Å². The van der Waals surface area contributed by atoms with Crippen molar-refractivity contribution in [2.45, 2.75) is 32.7 Å². The van der Waals surface area contributed by atoms with Gasteiger partial charge >= 0.3 is 0 Å². The van der Waals surface area contributed by atoms with Crippen molar-refractivity contribution in [2.24, 2.45) is 0 Å². The maximum absolute atomic E-state index is 12.3. The molecule has 0 radical (unpaired) electrons. The molecule has 0 aromatic heterocycles. The topological polar surface area (TPSA) is 49.4 Å². The Balaban J connectivity index is 2.61. The van der Waals surface area contributed by atoms with Crippen LogP contribution in [0, 0.1) is 0 Å². The van der Waals surface area contributed by atoms with Gasteiger partial charge in [-0.25, -0.2) is 8.42 Å². The number of nitrogens with zero attached hydrogens (tertiary/aromatic N) is 1. The summed E-state index contributed by atoms with van der Waals surface area (Å²) < 4.78 is 26.1. The van der Waals surface area contributed by atoms with E-state index in [4.69, 9.17) is 11.6 Å². The first kappa shape index (κ1) is 18.4. The van der Waals surface area contributed by atoms with Crippen molar-refractivity contribution in [1.29, 1.82) is 0 Å². The third-order valence-electron chi connectivity index (χ3n) is 3.50. The van der Waals surface area contributed by atoms with E-state index >= 15 is 0 Å². The molecule has 4 nitrogen and oxygen atoms in total. The number of nitrogens with one attached hydrogen (secondary N) is 1. The monoisotopic (exact) mass is 332 g/mol. The lowest BCUT2D eigenvalue weighted by molar-refractivity contribution is 0.397. The molecule has 0 saturated heterocycles. The molecule has 0 aliphatic carbocycles. The van der Waals surface area contributed by atoms with Crippen LogP contribution in [0.15, 0.2) is 24.3 Å². The lowest BCUT2D eigenvalue weighted by Crippen LogP contribution is -2.33. The molecular formula is C15H25ClN2O2S. The van der Waals surface area contributed by atoms with E-state index in [1.807, 2.05) is 19.1 Å². The van der Waals surface area contributed by atoms with Crippen LogP contribution in [0.4, 0.5) is 0 Å². The Labute approximate surface area is 133 Å². The average molecular weight is 333 g/mol. The summed E-state index contributed by atoms with van der Waals surface area (Å²) in [6.07, 6.45) is 1.67. The van der Waals surface area contributed by atoms with Gasteiger partial charge < -0.3 is 5.32 Å². The average Bonchev–Trinajstić information content (AvgIpc) is 2.45. The normalized spacial score (nSPS) is 13.6. The summed E-state index contributed by atoms with van der Waals surface area (Å²) in [5, 5.41) is 3.83. The fourth-order valence-electron chi connectivity index (χ4n) is 2.04.